The molecule has 1 amide bonds. The molecule has 2 N–H and O–H groups in total. The van der Waals surface area contributed by atoms with E-state index in [9.17, 15) is 4.79 Å². The summed E-state index contributed by atoms with van der Waals surface area (Å²) in [6.45, 7) is 2.81. The van der Waals surface area contributed by atoms with Crippen LogP contribution in [0.15, 0.2) is 18.2 Å². The number of carbonyl (C=O) groups is 1. The van der Waals surface area contributed by atoms with Crippen molar-refractivity contribution in [3.63, 3.8) is 0 Å². The molecule has 1 aliphatic heterocycles. The Morgan fingerprint density at radius 2 is 1.95 bits per heavy atom. The smallest absolute Gasteiger partial charge is 0.251 e. The molecule has 1 saturated heterocycles. The van der Waals surface area contributed by atoms with Crippen molar-refractivity contribution in [2.24, 2.45) is 5.92 Å². The predicted molar refractivity (Wildman–Crippen MR) is 77.5 cm³/mol. The first-order valence-corrected chi connectivity index (χ1v) is 6.95. The highest BCUT2D eigenvalue weighted by atomic mass is 16.5. The molecule has 0 spiro atoms. The van der Waals surface area contributed by atoms with E-state index in [4.69, 9.17) is 9.47 Å². The van der Waals surface area contributed by atoms with Crippen LogP contribution < -0.4 is 20.1 Å². The number of benzene rings is 1. The maximum Gasteiger partial charge on any atom is 0.251 e. The molecule has 0 atom stereocenters. The molecule has 110 valence electrons. The quantitative estimate of drug-likeness (QED) is 0.855. The second kappa shape index (κ2) is 7.14. The van der Waals surface area contributed by atoms with Crippen LogP contribution in [0.4, 0.5) is 0 Å². The van der Waals surface area contributed by atoms with Crippen LogP contribution in [0.25, 0.3) is 0 Å². The van der Waals surface area contributed by atoms with E-state index >= 15 is 0 Å². The summed E-state index contributed by atoms with van der Waals surface area (Å²) >= 11 is 0. The molecule has 0 bridgehead atoms. The molecule has 1 aromatic rings. The molecule has 1 aromatic carbocycles. The first-order chi connectivity index (χ1) is 9.74. The van der Waals surface area contributed by atoms with Gasteiger partial charge in [-0.1, -0.05) is 0 Å². The van der Waals surface area contributed by atoms with E-state index in [1.54, 1.807) is 32.4 Å². The number of ether oxygens (including phenoxy) is 2. The van der Waals surface area contributed by atoms with Crippen LogP contribution in [0, 0.1) is 5.92 Å². The van der Waals surface area contributed by atoms with Crippen LogP contribution >= 0.6 is 0 Å². The third-order valence-electron chi connectivity index (χ3n) is 3.66. The summed E-state index contributed by atoms with van der Waals surface area (Å²) < 4.78 is 10.4. The highest BCUT2D eigenvalue weighted by molar-refractivity contribution is 5.94. The van der Waals surface area contributed by atoms with Crippen LogP contribution in [0.1, 0.15) is 23.2 Å². The average Bonchev–Trinajstić information content (AvgIpc) is 2.52. The lowest BCUT2D eigenvalue weighted by Crippen LogP contribution is -2.35. The standard InChI is InChI=1S/C15H22N2O3/c1-19-13-4-3-12(9-14(13)20-2)15(18)17-10-11-5-7-16-8-6-11/h3-4,9,11,16H,5-8,10H2,1-2H3,(H,17,18). The Bertz CT molecular complexity index is 456. The summed E-state index contributed by atoms with van der Waals surface area (Å²) in [5, 5.41) is 6.31. The van der Waals surface area contributed by atoms with Gasteiger partial charge in [-0.3, -0.25) is 4.79 Å². The lowest BCUT2D eigenvalue weighted by molar-refractivity contribution is 0.0944. The Hall–Kier alpha value is -1.75. The van der Waals surface area contributed by atoms with E-state index in [1.165, 1.54) is 0 Å². The molecule has 1 heterocycles. The molecule has 0 unspecified atom stereocenters. The van der Waals surface area contributed by atoms with Gasteiger partial charge in [0.2, 0.25) is 0 Å². The largest absolute Gasteiger partial charge is 0.493 e. The van der Waals surface area contributed by atoms with E-state index in [-0.39, 0.29) is 5.91 Å². The Kier molecular flexibility index (Phi) is 5.24. The van der Waals surface area contributed by atoms with Gasteiger partial charge < -0.3 is 20.1 Å². The van der Waals surface area contributed by atoms with Crippen LogP contribution in [-0.4, -0.2) is 39.8 Å². The first kappa shape index (κ1) is 14.7. The van der Waals surface area contributed by atoms with Crippen LogP contribution in [-0.2, 0) is 0 Å². The zero-order valence-corrected chi connectivity index (χ0v) is 12.1. The fourth-order valence-corrected chi connectivity index (χ4v) is 2.40. The summed E-state index contributed by atoms with van der Waals surface area (Å²) in [7, 11) is 3.14. The van der Waals surface area contributed by atoms with Crippen molar-refractivity contribution in [2.75, 3.05) is 33.9 Å². The van der Waals surface area contributed by atoms with Gasteiger partial charge in [0.05, 0.1) is 14.2 Å². The molecule has 0 aliphatic carbocycles. The molecule has 5 nitrogen and oxygen atoms in total. The van der Waals surface area contributed by atoms with E-state index in [0.29, 0.717) is 23.0 Å². The van der Waals surface area contributed by atoms with Crippen molar-refractivity contribution in [1.29, 1.82) is 0 Å². The first-order valence-electron chi connectivity index (χ1n) is 6.95. The minimum Gasteiger partial charge on any atom is -0.493 e. The Morgan fingerprint density at radius 1 is 1.25 bits per heavy atom. The summed E-state index contributed by atoms with van der Waals surface area (Å²) in [6, 6.07) is 5.20. The zero-order chi connectivity index (χ0) is 14.4. The maximum absolute atomic E-state index is 12.1. The number of carbonyl (C=O) groups excluding carboxylic acids is 1. The Balaban J connectivity index is 1.94. The van der Waals surface area contributed by atoms with Crippen molar-refractivity contribution in [3.05, 3.63) is 23.8 Å². The molecule has 20 heavy (non-hydrogen) atoms. The van der Waals surface area contributed by atoms with Gasteiger partial charge in [-0.25, -0.2) is 0 Å². The monoisotopic (exact) mass is 278 g/mol. The third kappa shape index (κ3) is 3.63. The van der Waals surface area contributed by atoms with Gasteiger partial charge in [-0.15, -0.1) is 0 Å². The SMILES string of the molecule is COc1ccc(C(=O)NCC2CCNCC2)cc1OC. The van der Waals surface area contributed by atoms with Gasteiger partial charge in [0.15, 0.2) is 11.5 Å². The van der Waals surface area contributed by atoms with E-state index in [1.807, 2.05) is 0 Å². The molecule has 0 saturated carbocycles. The summed E-state index contributed by atoms with van der Waals surface area (Å²) in [5.74, 6) is 1.70. The number of hydrogen-bond acceptors (Lipinski definition) is 4. The minimum atomic E-state index is -0.0653. The molecular formula is C15H22N2O3. The molecule has 0 aromatic heterocycles. The van der Waals surface area contributed by atoms with Crippen molar-refractivity contribution < 1.29 is 14.3 Å². The van der Waals surface area contributed by atoms with Crippen LogP contribution in [0.2, 0.25) is 0 Å². The number of piperidine rings is 1. The fourth-order valence-electron chi connectivity index (χ4n) is 2.40. The normalized spacial score (nSPS) is 15.7. The van der Waals surface area contributed by atoms with Gasteiger partial charge in [0, 0.05) is 12.1 Å². The molecule has 1 fully saturated rings. The fraction of sp³-hybridized carbons (Fsp3) is 0.533. The van der Waals surface area contributed by atoms with Gasteiger partial charge in [-0.05, 0) is 50.0 Å². The lowest BCUT2D eigenvalue weighted by Gasteiger charge is -2.22. The second-order valence-electron chi connectivity index (χ2n) is 4.97. The highest BCUT2D eigenvalue weighted by Gasteiger charge is 2.15. The second-order valence-corrected chi connectivity index (χ2v) is 4.97. The van der Waals surface area contributed by atoms with Gasteiger partial charge in [-0.2, -0.15) is 0 Å². The van der Waals surface area contributed by atoms with Crippen molar-refractivity contribution in [3.8, 4) is 11.5 Å². The van der Waals surface area contributed by atoms with Crippen molar-refractivity contribution in [1.82, 2.24) is 10.6 Å². The van der Waals surface area contributed by atoms with E-state index < -0.39 is 0 Å². The van der Waals surface area contributed by atoms with Gasteiger partial charge in [0.25, 0.3) is 5.91 Å². The van der Waals surface area contributed by atoms with Crippen LogP contribution in [0.5, 0.6) is 11.5 Å². The number of methoxy groups -OCH3 is 2. The molecule has 0 radical (unpaired) electrons. The van der Waals surface area contributed by atoms with Crippen LogP contribution in [0.3, 0.4) is 0 Å². The summed E-state index contributed by atoms with van der Waals surface area (Å²) in [4.78, 5) is 12.1. The number of hydrogen-bond donors (Lipinski definition) is 2. The molecule has 5 heteroatoms. The van der Waals surface area contributed by atoms with E-state index in [0.717, 1.165) is 32.5 Å². The third-order valence-corrected chi connectivity index (χ3v) is 3.66. The maximum atomic E-state index is 12.1. The number of rotatable bonds is 5. The Morgan fingerprint density at radius 3 is 2.60 bits per heavy atom. The molecule has 2 rings (SSSR count). The van der Waals surface area contributed by atoms with Gasteiger partial charge >= 0.3 is 0 Å². The minimum absolute atomic E-state index is 0.0653. The lowest BCUT2D eigenvalue weighted by atomic mass is 9.98. The zero-order valence-electron chi connectivity index (χ0n) is 12.1. The molecule has 1 aliphatic rings. The van der Waals surface area contributed by atoms with Crippen molar-refractivity contribution in [2.45, 2.75) is 12.8 Å². The van der Waals surface area contributed by atoms with Gasteiger partial charge in [0.1, 0.15) is 0 Å². The predicted octanol–water partition coefficient (Wildman–Crippen LogP) is 1.43. The molecular weight excluding hydrogens is 256 g/mol. The highest BCUT2D eigenvalue weighted by Crippen LogP contribution is 2.27. The topological polar surface area (TPSA) is 59.6 Å². The summed E-state index contributed by atoms with van der Waals surface area (Å²) in [5.41, 5.74) is 0.594. The average molecular weight is 278 g/mol. The van der Waals surface area contributed by atoms with Crippen molar-refractivity contribution >= 4 is 5.91 Å². The number of nitrogens with one attached hydrogen (secondary N) is 2. The summed E-state index contributed by atoms with van der Waals surface area (Å²) in [6.07, 6.45) is 2.23. The number of amides is 1. The van der Waals surface area contributed by atoms with E-state index in [2.05, 4.69) is 10.6 Å². The Labute approximate surface area is 119 Å².